The minimum atomic E-state index is 0.264. The number of amides is 1. The molecular formula is C14H25ClN2O2. The van der Waals surface area contributed by atoms with Gasteiger partial charge in [-0.05, 0) is 32.2 Å². The maximum absolute atomic E-state index is 12.0. The van der Waals surface area contributed by atoms with Gasteiger partial charge in [-0.1, -0.05) is 0 Å². The lowest BCUT2D eigenvalue weighted by molar-refractivity contribution is -0.131. The third-order valence-corrected chi connectivity index (χ3v) is 4.22. The van der Waals surface area contributed by atoms with Crippen molar-refractivity contribution in [1.29, 1.82) is 0 Å². The SMILES string of the molecule is O=C(CCCCl)N1CCCN(CC2CCCO2)CC1. The van der Waals surface area contributed by atoms with Gasteiger partial charge >= 0.3 is 0 Å². The van der Waals surface area contributed by atoms with Crippen molar-refractivity contribution in [3.63, 3.8) is 0 Å². The largest absolute Gasteiger partial charge is 0.377 e. The molecule has 0 spiro atoms. The number of nitrogens with zero attached hydrogens (tertiary/aromatic N) is 2. The molecular weight excluding hydrogens is 264 g/mol. The first kappa shape index (κ1) is 15.1. The first-order chi connectivity index (χ1) is 9.29. The van der Waals surface area contributed by atoms with Crippen molar-refractivity contribution < 1.29 is 9.53 Å². The lowest BCUT2D eigenvalue weighted by Gasteiger charge is -2.24. The number of alkyl halides is 1. The highest BCUT2D eigenvalue weighted by Gasteiger charge is 2.22. The Morgan fingerprint density at radius 2 is 2.11 bits per heavy atom. The average molecular weight is 289 g/mol. The van der Waals surface area contributed by atoms with E-state index in [1.807, 2.05) is 4.90 Å². The van der Waals surface area contributed by atoms with Crippen molar-refractivity contribution in [2.75, 3.05) is 45.2 Å². The first-order valence-corrected chi connectivity index (χ1v) is 8.01. The molecule has 2 aliphatic heterocycles. The van der Waals surface area contributed by atoms with E-state index in [2.05, 4.69) is 4.90 Å². The Labute approximate surface area is 121 Å². The second-order valence-electron chi connectivity index (χ2n) is 5.46. The number of halogens is 1. The Morgan fingerprint density at radius 3 is 2.84 bits per heavy atom. The van der Waals surface area contributed by atoms with E-state index in [1.165, 1.54) is 12.8 Å². The molecule has 0 aliphatic carbocycles. The topological polar surface area (TPSA) is 32.8 Å². The number of hydrogen-bond donors (Lipinski definition) is 0. The normalized spacial score (nSPS) is 25.5. The zero-order valence-corrected chi connectivity index (χ0v) is 12.4. The fraction of sp³-hybridized carbons (Fsp3) is 0.929. The second kappa shape index (κ2) is 8.08. The van der Waals surface area contributed by atoms with Crippen molar-refractivity contribution in [2.24, 2.45) is 0 Å². The third-order valence-electron chi connectivity index (χ3n) is 3.95. The molecule has 5 heteroatoms. The Balaban J connectivity index is 1.72. The summed E-state index contributed by atoms with van der Waals surface area (Å²) in [6, 6.07) is 0. The van der Waals surface area contributed by atoms with Gasteiger partial charge in [0.25, 0.3) is 0 Å². The summed E-state index contributed by atoms with van der Waals surface area (Å²) in [5.74, 6) is 0.838. The van der Waals surface area contributed by atoms with Crippen LogP contribution in [-0.2, 0) is 9.53 Å². The molecule has 2 aliphatic rings. The van der Waals surface area contributed by atoms with Crippen LogP contribution in [0.2, 0.25) is 0 Å². The lowest BCUT2D eigenvalue weighted by Crippen LogP contribution is -2.37. The maximum Gasteiger partial charge on any atom is 0.222 e. The lowest BCUT2D eigenvalue weighted by atomic mass is 10.2. The fourth-order valence-corrected chi connectivity index (χ4v) is 2.99. The Hall–Kier alpha value is -0.320. The van der Waals surface area contributed by atoms with Gasteiger partial charge in [-0.15, -0.1) is 11.6 Å². The van der Waals surface area contributed by atoms with E-state index in [4.69, 9.17) is 16.3 Å². The van der Waals surface area contributed by atoms with Crippen LogP contribution >= 0.6 is 11.6 Å². The van der Waals surface area contributed by atoms with E-state index in [0.29, 0.717) is 18.4 Å². The molecule has 1 amide bonds. The van der Waals surface area contributed by atoms with Crippen LogP contribution in [0.5, 0.6) is 0 Å². The summed E-state index contributed by atoms with van der Waals surface area (Å²) in [4.78, 5) is 16.4. The maximum atomic E-state index is 12.0. The summed E-state index contributed by atoms with van der Waals surface area (Å²) in [6.45, 7) is 5.76. The van der Waals surface area contributed by atoms with E-state index in [9.17, 15) is 4.79 Å². The highest BCUT2D eigenvalue weighted by Crippen LogP contribution is 2.15. The van der Waals surface area contributed by atoms with E-state index in [0.717, 1.165) is 52.2 Å². The van der Waals surface area contributed by atoms with Gasteiger partial charge in [0, 0.05) is 45.1 Å². The molecule has 2 heterocycles. The van der Waals surface area contributed by atoms with Crippen molar-refractivity contribution in [3.05, 3.63) is 0 Å². The molecule has 2 rings (SSSR count). The molecule has 2 saturated heterocycles. The number of ether oxygens (including phenoxy) is 1. The molecule has 4 nitrogen and oxygen atoms in total. The van der Waals surface area contributed by atoms with Crippen molar-refractivity contribution in [2.45, 2.75) is 38.2 Å². The van der Waals surface area contributed by atoms with Crippen LogP contribution in [0.3, 0.4) is 0 Å². The van der Waals surface area contributed by atoms with Gasteiger partial charge < -0.3 is 9.64 Å². The summed E-state index contributed by atoms with van der Waals surface area (Å²) in [7, 11) is 0. The predicted octanol–water partition coefficient (Wildman–Crippen LogP) is 1.72. The van der Waals surface area contributed by atoms with Gasteiger partial charge in [-0.25, -0.2) is 0 Å². The first-order valence-electron chi connectivity index (χ1n) is 7.47. The number of rotatable bonds is 5. The quantitative estimate of drug-likeness (QED) is 0.722. The van der Waals surface area contributed by atoms with Crippen molar-refractivity contribution in [3.8, 4) is 0 Å². The monoisotopic (exact) mass is 288 g/mol. The summed E-state index contributed by atoms with van der Waals surface area (Å²) in [5, 5.41) is 0. The Kier molecular flexibility index (Phi) is 6.41. The van der Waals surface area contributed by atoms with Crippen LogP contribution in [0, 0.1) is 0 Å². The van der Waals surface area contributed by atoms with Crippen molar-refractivity contribution >= 4 is 17.5 Å². The smallest absolute Gasteiger partial charge is 0.222 e. The molecule has 19 heavy (non-hydrogen) atoms. The number of carbonyl (C=O) groups excluding carboxylic acids is 1. The van der Waals surface area contributed by atoms with Crippen LogP contribution in [0.1, 0.15) is 32.1 Å². The summed E-state index contributed by atoms with van der Waals surface area (Å²) < 4.78 is 5.69. The molecule has 2 fully saturated rings. The van der Waals surface area contributed by atoms with Crippen LogP contribution in [0.15, 0.2) is 0 Å². The molecule has 0 aromatic heterocycles. The van der Waals surface area contributed by atoms with Gasteiger partial charge in [0.2, 0.25) is 5.91 Å². The van der Waals surface area contributed by atoms with Gasteiger partial charge in [-0.3, -0.25) is 9.69 Å². The van der Waals surface area contributed by atoms with E-state index in [1.54, 1.807) is 0 Å². The molecule has 0 radical (unpaired) electrons. The highest BCUT2D eigenvalue weighted by atomic mass is 35.5. The van der Waals surface area contributed by atoms with Gasteiger partial charge in [0.1, 0.15) is 0 Å². The number of hydrogen-bond acceptors (Lipinski definition) is 3. The van der Waals surface area contributed by atoms with E-state index >= 15 is 0 Å². The third kappa shape index (κ3) is 4.93. The molecule has 0 aromatic rings. The van der Waals surface area contributed by atoms with Crippen LogP contribution in [0.25, 0.3) is 0 Å². The standard InChI is InChI=1S/C14H25ClN2O2/c15-6-1-5-14(18)17-8-3-7-16(9-10-17)12-13-4-2-11-19-13/h13H,1-12H2. The average Bonchev–Trinajstić information content (AvgIpc) is 2.81. The summed E-state index contributed by atoms with van der Waals surface area (Å²) in [5.41, 5.74) is 0. The summed E-state index contributed by atoms with van der Waals surface area (Å²) >= 11 is 5.64. The van der Waals surface area contributed by atoms with Crippen molar-refractivity contribution in [1.82, 2.24) is 9.80 Å². The van der Waals surface area contributed by atoms with Gasteiger partial charge in [0.05, 0.1) is 6.10 Å². The predicted molar refractivity (Wildman–Crippen MR) is 76.6 cm³/mol. The van der Waals surface area contributed by atoms with Crippen LogP contribution in [0.4, 0.5) is 0 Å². The molecule has 0 bridgehead atoms. The Morgan fingerprint density at radius 1 is 1.21 bits per heavy atom. The zero-order chi connectivity index (χ0) is 13.5. The van der Waals surface area contributed by atoms with E-state index in [-0.39, 0.29) is 5.91 Å². The molecule has 1 unspecified atom stereocenters. The minimum absolute atomic E-state index is 0.264. The molecule has 0 aromatic carbocycles. The minimum Gasteiger partial charge on any atom is -0.377 e. The van der Waals surface area contributed by atoms with Crippen LogP contribution < -0.4 is 0 Å². The molecule has 1 atom stereocenters. The second-order valence-corrected chi connectivity index (χ2v) is 5.84. The zero-order valence-electron chi connectivity index (χ0n) is 11.7. The van der Waals surface area contributed by atoms with Gasteiger partial charge in [-0.2, -0.15) is 0 Å². The fourth-order valence-electron chi connectivity index (χ4n) is 2.86. The molecule has 0 saturated carbocycles. The molecule has 110 valence electrons. The molecule has 0 N–H and O–H groups in total. The number of carbonyl (C=O) groups is 1. The van der Waals surface area contributed by atoms with Crippen LogP contribution in [-0.4, -0.2) is 67.0 Å². The Bertz CT molecular complexity index is 283. The summed E-state index contributed by atoms with van der Waals surface area (Å²) in [6.07, 6.45) is 5.25. The highest BCUT2D eigenvalue weighted by molar-refractivity contribution is 6.17. The van der Waals surface area contributed by atoms with E-state index < -0.39 is 0 Å². The van der Waals surface area contributed by atoms with Gasteiger partial charge in [0.15, 0.2) is 0 Å².